The van der Waals surface area contributed by atoms with Crippen molar-refractivity contribution in [3.05, 3.63) is 35.9 Å². The van der Waals surface area contributed by atoms with Crippen molar-refractivity contribution in [2.24, 2.45) is 10.9 Å². The number of likely N-dealkylation sites (tertiary alicyclic amines) is 1. The molecule has 3 atom stereocenters. The Kier molecular flexibility index (Phi) is 10.2. The van der Waals surface area contributed by atoms with Crippen LogP contribution in [0.1, 0.15) is 38.7 Å². The largest absolute Gasteiger partial charge is 0.450 e. The van der Waals surface area contributed by atoms with E-state index in [1.807, 2.05) is 6.92 Å². The monoisotopic (exact) mass is 529 g/mol. The van der Waals surface area contributed by atoms with Crippen LogP contribution in [0.15, 0.2) is 35.3 Å². The maximum absolute atomic E-state index is 11.8. The summed E-state index contributed by atoms with van der Waals surface area (Å²) in [6, 6.07) is 11.6. The lowest BCUT2D eigenvalue weighted by Gasteiger charge is -2.22. The van der Waals surface area contributed by atoms with Crippen molar-refractivity contribution in [2.45, 2.75) is 57.8 Å². The Labute approximate surface area is 197 Å². The van der Waals surface area contributed by atoms with Crippen LogP contribution in [0.3, 0.4) is 0 Å². The lowest BCUT2D eigenvalue weighted by molar-refractivity contribution is 0.146. The quantitative estimate of drug-likeness (QED) is 0.274. The van der Waals surface area contributed by atoms with Crippen molar-refractivity contribution in [3.8, 4) is 0 Å². The highest BCUT2D eigenvalue weighted by Crippen LogP contribution is 2.32. The second-order valence-electron chi connectivity index (χ2n) is 8.10. The summed E-state index contributed by atoms with van der Waals surface area (Å²) >= 11 is 0. The van der Waals surface area contributed by atoms with Crippen LogP contribution in [0.2, 0.25) is 0 Å². The number of rotatable bonds is 8. The first-order chi connectivity index (χ1) is 14.1. The van der Waals surface area contributed by atoms with Crippen LogP contribution in [0.5, 0.6) is 0 Å². The number of carbonyl (C=O) groups excluding carboxylic acids is 1. The average molecular weight is 529 g/mol. The number of hydrogen-bond donors (Lipinski definition) is 3. The summed E-state index contributed by atoms with van der Waals surface area (Å²) in [6.45, 7) is 7.11. The second-order valence-corrected chi connectivity index (χ2v) is 8.10. The van der Waals surface area contributed by atoms with Gasteiger partial charge in [-0.15, -0.1) is 24.0 Å². The molecule has 1 saturated carbocycles. The van der Waals surface area contributed by atoms with Crippen LogP contribution in [0.4, 0.5) is 4.79 Å². The maximum Gasteiger partial charge on any atom is 0.407 e. The fourth-order valence-electron chi connectivity index (χ4n) is 3.99. The number of nitrogens with one attached hydrogen (secondary N) is 3. The minimum atomic E-state index is -0.338. The molecule has 7 nitrogen and oxygen atoms in total. The molecule has 1 aromatic carbocycles. The number of amides is 1. The molecule has 0 bridgehead atoms. The van der Waals surface area contributed by atoms with Gasteiger partial charge in [-0.2, -0.15) is 0 Å². The van der Waals surface area contributed by atoms with E-state index in [0.717, 1.165) is 38.3 Å². The molecule has 0 aromatic heterocycles. The second kappa shape index (κ2) is 12.3. The highest BCUT2D eigenvalue weighted by Gasteiger charge is 2.33. The molecule has 1 aliphatic heterocycles. The summed E-state index contributed by atoms with van der Waals surface area (Å²) in [7, 11) is 1.79. The van der Waals surface area contributed by atoms with Crippen molar-refractivity contribution >= 4 is 36.0 Å². The summed E-state index contributed by atoms with van der Waals surface area (Å²) < 4.78 is 5.03. The summed E-state index contributed by atoms with van der Waals surface area (Å²) in [4.78, 5) is 18.7. The molecule has 30 heavy (non-hydrogen) atoms. The fraction of sp³-hybridized carbons (Fsp3) is 0.636. The first-order valence-electron chi connectivity index (χ1n) is 10.8. The number of carbonyl (C=O) groups is 1. The Bertz CT molecular complexity index is 683. The lowest BCUT2D eigenvalue weighted by Crippen LogP contribution is -2.50. The van der Waals surface area contributed by atoms with Crippen LogP contribution in [-0.2, 0) is 11.3 Å². The van der Waals surface area contributed by atoms with Crippen molar-refractivity contribution < 1.29 is 9.53 Å². The fourth-order valence-corrected chi connectivity index (χ4v) is 3.99. The molecule has 2 fully saturated rings. The molecular weight excluding hydrogens is 493 g/mol. The Hall–Kier alpha value is -1.55. The molecular formula is C22H36IN5O2. The zero-order valence-corrected chi connectivity index (χ0v) is 20.6. The zero-order valence-electron chi connectivity index (χ0n) is 18.3. The van der Waals surface area contributed by atoms with Crippen LogP contribution in [0.25, 0.3) is 0 Å². The highest BCUT2D eigenvalue weighted by atomic mass is 127. The molecule has 3 N–H and O–H groups in total. The molecule has 1 aliphatic carbocycles. The van der Waals surface area contributed by atoms with Crippen molar-refractivity contribution in [1.82, 2.24) is 20.9 Å². The molecule has 1 saturated heterocycles. The summed E-state index contributed by atoms with van der Waals surface area (Å²) in [5.74, 6) is 1.32. The Balaban J connectivity index is 0.00000320. The number of guanidine groups is 1. The third kappa shape index (κ3) is 7.61. The summed E-state index contributed by atoms with van der Waals surface area (Å²) in [6.07, 6.45) is 3.05. The van der Waals surface area contributed by atoms with Gasteiger partial charge in [-0.05, 0) is 44.6 Å². The molecule has 3 unspecified atom stereocenters. The van der Waals surface area contributed by atoms with Gasteiger partial charge in [-0.3, -0.25) is 9.89 Å². The first kappa shape index (κ1) is 24.7. The Morgan fingerprint density at radius 1 is 1.30 bits per heavy atom. The van der Waals surface area contributed by atoms with E-state index < -0.39 is 0 Å². The normalized spacial score (nSPS) is 22.7. The van der Waals surface area contributed by atoms with Gasteiger partial charge in [0.1, 0.15) is 0 Å². The maximum atomic E-state index is 11.8. The molecule has 0 spiro atoms. The van der Waals surface area contributed by atoms with Gasteiger partial charge in [0.2, 0.25) is 0 Å². The van der Waals surface area contributed by atoms with Gasteiger partial charge in [0.25, 0.3) is 0 Å². The minimum absolute atomic E-state index is 0. The van der Waals surface area contributed by atoms with Gasteiger partial charge in [0.15, 0.2) is 5.96 Å². The van der Waals surface area contributed by atoms with E-state index in [0.29, 0.717) is 31.2 Å². The lowest BCUT2D eigenvalue weighted by atomic mass is 10.2. The molecule has 0 radical (unpaired) electrons. The summed E-state index contributed by atoms with van der Waals surface area (Å²) in [5.41, 5.74) is 1.35. The number of ether oxygens (including phenoxy) is 1. The third-order valence-electron chi connectivity index (χ3n) is 5.76. The predicted molar refractivity (Wildman–Crippen MR) is 131 cm³/mol. The SMILES string of the molecule is CCOC(=O)NC(CNC(=NC)NC1CC(C)N(Cc2ccccc2)C1)C1CC1.I. The van der Waals surface area contributed by atoms with E-state index in [9.17, 15) is 4.79 Å². The van der Waals surface area contributed by atoms with Crippen LogP contribution in [-0.4, -0.2) is 61.8 Å². The number of halogens is 1. The molecule has 2 aliphatic rings. The van der Waals surface area contributed by atoms with Crippen LogP contribution in [0, 0.1) is 5.92 Å². The molecule has 3 rings (SSSR count). The molecule has 1 aromatic rings. The Morgan fingerprint density at radius 3 is 2.67 bits per heavy atom. The van der Waals surface area contributed by atoms with Crippen molar-refractivity contribution in [3.63, 3.8) is 0 Å². The number of hydrogen-bond acceptors (Lipinski definition) is 4. The number of alkyl carbamates (subject to hydrolysis) is 1. The van der Waals surface area contributed by atoms with E-state index in [4.69, 9.17) is 4.74 Å². The van der Waals surface area contributed by atoms with Crippen LogP contribution < -0.4 is 16.0 Å². The van der Waals surface area contributed by atoms with Gasteiger partial charge < -0.3 is 20.7 Å². The van der Waals surface area contributed by atoms with Crippen molar-refractivity contribution in [2.75, 3.05) is 26.7 Å². The van der Waals surface area contributed by atoms with E-state index in [1.165, 1.54) is 5.56 Å². The molecule has 1 amide bonds. The number of nitrogens with zero attached hydrogens (tertiary/aromatic N) is 2. The van der Waals surface area contributed by atoms with Gasteiger partial charge >= 0.3 is 6.09 Å². The van der Waals surface area contributed by atoms with Crippen LogP contribution >= 0.6 is 24.0 Å². The van der Waals surface area contributed by atoms with Gasteiger partial charge in [-0.25, -0.2) is 4.79 Å². The average Bonchev–Trinajstić information content (AvgIpc) is 3.50. The standard InChI is InChI=1S/C22H35N5O2.HI/c1-4-29-22(28)26-20(18-10-11-18)13-24-21(23-3)25-19-12-16(2)27(15-19)14-17-8-6-5-7-9-17;/h5-9,16,18-20H,4,10-15H2,1-3H3,(H,26,28)(H2,23,24,25);1H. The van der Waals surface area contributed by atoms with E-state index in [1.54, 1.807) is 7.05 Å². The number of aliphatic imine (C=N–C) groups is 1. The van der Waals surface area contributed by atoms with E-state index in [2.05, 4.69) is 63.1 Å². The predicted octanol–water partition coefficient (Wildman–Crippen LogP) is 2.96. The topological polar surface area (TPSA) is 78.0 Å². The highest BCUT2D eigenvalue weighted by molar-refractivity contribution is 14.0. The molecule has 1 heterocycles. The van der Waals surface area contributed by atoms with Gasteiger partial charge in [0, 0.05) is 38.8 Å². The van der Waals surface area contributed by atoms with E-state index >= 15 is 0 Å². The zero-order chi connectivity index (χ0) is 20.6. The Morgan fingerprint density at radius 2 is 2.03 bits per heavy atom. The number of benzene rings is 1. The minimum Gasteiger partial charge on any atom is -0.450 e. The van der Waals surface area contributed by atoms with Gasteiger partial charge in [0.05, 0.1) is 12.6 Å². The van der Waals surface area contributed by atoms with Gasteiger partial charge in [-0.1, -0.05) is 30.3 Å². The van der Waals surface area contributed by atoms with E-state index in [-0.39, 0.29) is 36.1 Å². The molecule has 8 heteroatoms. The third-order valence-corrected chi connectivity index (χ3v) is 5.76. The van der Waals surface area contributed by atoms with Crippen molar-refractivity contribution in [1.29, 1.82) is 0 Å². The first-order valence-corrected chi connectivity index (χ1v) is 10.8. The molecule has 168 valence electrons. The smallest absolute Gasteiger partial charge is 0.407 e. The summed E-state index contributed by atoms with van der Waals surface area (Å²) in [5, 5.41) is 9.93.